The maximum Gasteiger partial charge on any atom is 0.416 e. The summed E-state index contributed by atoms with van der Waals surface area (Å²) in [7, 11) is 0. The number of nitrogens with one attached hydrogen (secondary N) is 1. The molecule has 0 aliphatic rings. The fourth-order valence-electron chi connectivity index (χ4n) is 1.83. The molecule has 0 spiro atoms. The largest absolute Gasteiger partial charge is 0.416 e. The summed E-state index contributed by atoms with van der Waals surface area (Å²) in [5.74, 6) is -0.531. The molecular weight excluding hydrogens is 395 g/mol. The topological polar surface area (TPSA) is 54.9 Å². The van der Waals surface area contributed by atoms with E-state index >= 15 is 0 Å². The summed E-state index contributed by atoms with van der Waals surface area (Å²) in [5.41, 5.74) is -0.0598. The highest BCUT2D eigenvalue weighted by molar-refractivity contribution is 9.10. The summed E-state index contributed by atoms with van der Waals surface area (Å²) in [4.78, 5) is 21.1. The first-order valence-corrected chi connectivity index (χ1v) is 7.85. The monoisotopic (exact) mass is 401 g/mol. The minimum atomic E-state index is -4.43. The molecule has 3 aromatic rings. The van der Waals surface area contributed by atoms with Crippen LogP contribution in [0.5, 0.6) is 0 Å². The summed E-state index contributed by atoms with van der Waals surface area (Å²) in [6.45, 7) is 0. The molecule has 0 saturated heterocycles. The van der Waals surface area contributed by atoms with Gasteiger partial charge in [0.05, 0.1) is 5.56 Å². The summed E-state index contributed by atoms with van der Waals surface area (Å²) in [5, 5.41) is 2.89. The van der Waals surface area contributed by atoms with Crippen molar-refractivity contribution in [2.75, 3.05) is 5.32 Å². The zero-order valence-corrected chi connectivity index (χ0v) is 13.6. The minimum Gasteiger partial charge on any atom is -0.298 e. The molecule has 1 amide bonds. The number of amides is 1. The Balaban J connectivity index is 1.80. The lowest BCUT2D eigenvalue weighted by Gasteiger charge is -2.07. The lowest BCUT2D eigenvalue weighted by atomic mass is 10.1. The first-order chi connectivity index (χ1) is 10.8. The number of pyridine rings is 1. The first-order valence-electron chi connectivity index (χ1n) is 6.24. The van der Waals surface area contributed by atoms with E-state index in [-0.39, 0.29) is 5.56 Å². The van der Waals surface area contributed by atoms with Crippen LogP contribution >= 0.6 is 27.3 Å². The van der Waals surface area contributed by atoms with Crippen LogP contribution in [0.15, 0.2) is 41.0 Å². The van der Waals surface area contributed by atoms with Gasteiger partial charge >= 0.3 is 6.18 Å². The number of hydrogen-bond acceptors (Lipinski definition) is 4. The number of benzene rings is 1. The molecule has 0 atom stereocenters. The molecule has 23 heavy (non-hydrogen) atoms. The average molecular weight is 402 g/mol. The Morgan fingerprint density at radius 2 is 1.78 bits per heavy atom. The number of alkyl halides is 3. The standard InChI is InChI=1S/C14H7BrF3N3OS/c15-10-6-5-9-12(20-10)23-13(19-9)21-11(22)7-1-3-8(4-2-7)14(16,17)18/h1-6H,(H,19,21,22). The molecule has 3 rings (SSSR count). The predicted octanol–water partition coefficient (Wildman–Crippen LogP) is 4.72. The molecule has 1 aromatic carbocycles. The van der Waals surface area contributed by atoms with Gasteiger partial charge in [-0.1, -0.05) is 11.3 Å². The van der Waals surface area contributed by atoms with Crippen molar-refractivity contribution in [3.63, 3.8) is 0 Å². The highest BCUT2D eigenvalue weighted by Gasteiger charge is 2.30. The normalized spacial score (nSPS) is 11.7. The lowest BCUT2D eigenvalue weighted by Crippen LogP contribution is -2.12. The van der Waals surface area contributed by atoms with Gasteiger partial charge in [0.15, 0.2) is 5.13 Å². The van der Waals surface area contributed by atoms with E-state index in [1.54, 1.807) is 12.1 Å². The molecule has 4 nitrogen and oxygen atoms in total. The van der Waals surface area contributed by atoms with Crippen LogP contribution in [0.25, 0.3) is 10.3 Å². The third kappa shape index (κ3) is 3.50. The van der Waals surface area contributed by atoms with Crippen LogP contribution in [0.3, 0.4) is 0 Å². The van der Waals surface area contributed by atoms with E-state index in [9.17, 15) is 18.0 Å². The van der Waals surface area contributed by atoms with Crippen molar-refractivity contribution in [3.8, 4) is 0 Å². The lowest BCUT2D eigenvalue weighted by molar-refractivity contribution is -0.137. The Morgan fingerprint density at radius 1 is 1.09 bits per heavy atom. The molecule has 0 aliphatic heterocycles. The van der Waals surface area contributed by atoms with Gasteiger partial charge in [0.25, 0.3) is 5.91 Å². The van der Waals surface area contributed by atoms with Crippen molar-refractivity contribution in [2.24, 2.45) is 0 Å². The van der Waals surface area contributed by atoms with Crippen molar-refractivity contribution >= 4 is 48.7 Å². The van der Waals surface area contributed by atoms with Gasteiger partial charge < -0.3 is 0 Å². The minimum absolute atomic E-state index is 0.117. The number of carbonyl (C=O) groups excluding carboxylic acids is 1. The molecule has 1 N–H and O–H groups in total. The number of carbonyl (C=O) groups is 1. The van der Waals surface area contributed by atoms with E-state index in [1.807, 2.05) is 0 Å². The van der Waals surface area contributed by atoms with Crippen LogP contribution in [-0.4, -0.2) is 15.9 Å². The van der Waals surface area contributed by atoms with Crippen LogP contribution < -0.4 is 5.32 Å². The number of rotatable bonds is 2. The van der Waals surface area contributed by atoms with Gasteiger partial charge in [0.1, 0.15) is 15.0 Å². The molecule has 2 aromatic heterocycles. The second-order valence-corrected chi connectivity index (χ2v) is 6.30. The maximum atomic E-state index is 12.5. The fraction of sp³-hybridized carbons (Fsp3) is 0.0714. The van der Waals surface area contributed by atoms with E-state index in [4.69, 9.17) is 0 Å². The SMILES string of the molecule is O=C(Nc1nc2ccc(Br)nc2s1)c1ccc(C(F)(F)F)cc1. The van der Waals surface area contributed by atoms with E-state index in [0.29, 0.717) is 20.1 Å². The number of fused-ring (bicyclic) bond motifs is 1. The summed E-state index contributed by atoms with van der Waals surface area (Å²) >= 11 is 4.42. The van der Waals surface area contributed by atoms with Gasteiger partial charge in [0.2, 0.25) is 0 Å². The first kappa shape index (κ1) is 15.9. The van der Waals surface area contributed by atoms with Crippen LogP contribution in [0.1, 0.15) is 15.9 Å². The third-order valence-electron chi connectivity index (χ3n) is 2.92. The van der Waals surface area contributed by atoms with E-state index in [0.717, 1.165) is 24.3 Å². The number of halogens is 4. The predicted molar refractivity (Wildman–Crippen MR) is 84.5 cm³/mol. The van der Waals surface area contributed by atoms with Crippen LogP contribution in [0.2, 0.25) is 0 Å². The zero-order valence-electron chi connectivity index (χ0n) is 11.2. The molecule has 118 valence electrons. The second kappa shape index (κ2) is 5.89. The summed E-state index contributed by atoms with van der Waals surface area (Å²) in [6, 6.07) is 7.46. The maximum absolute atomic E-state index is 12.5. The van der Waals surface area contributed by atoms with Gasteiger partial charge in [-0.25, -0.2) is 9.97 Å². The Morgan fingerprint density at radius 3 is 2.43 bits per heavy atom. The van der Waals surface area contributed by atoms with Gasteiger partial charge in [0, 0.05) is 5.56 Å². The third-order valence-corrected chi connectivity index (χ3v) is 4.24. The molecule has 2 heterocycles. The van der Waals surface area contributed by atoms with Crippen molar-refractivity contribution in [1.29, 1.82) is 0 Å². The number of anilines is 1. The van der Waals surface area contributed by atoms with Crippen LogP contribution in [0.4, 0.5) is 18.3 Å². The summed E-state index contributed by atoms with van der Waals surface area (Å²) < 4.78 is 38.1. The molecule has 9 heteroatoms. The van der Waals surface area contributed by atoms with Crippen molar-refractivity contribution < 1.29 is 18.0 Å². The van der Waals surface area contributed by atoms with Gasteiger partial charge in [-0.15, -0.1) is 0 Å². The van der Waals surface area contributed by atoms with E-state index in [1.165, 1.54) is 11.3 Å². The Hall–Kier alpha value is -2.00. The molecule has 0 saturated carbocycles. The summed E-state index contributed by atoms with van der Waals surface area (Å²) in [6.07, 6.45) is -4.43. The molecule has 0 aliphatic carbocycles. The Kier molecular flexibility index (Phi) is 4.07. The quantitative estimate of drug-likeness (QED) is 0.631. The fourth-order valence-corrected chi connectivity index (χ4v) is 3.09. The van der Waals surface area contributed by atoms with Gasteiger partial charge in [-0.3, -0.25) is 10.1 Å². The Labute approximate surface area is 140 Å². The number of thiazole rings is 1. The molecule has 0 fully saturated rings. The molecule has 0 radical (unpaired) electrons. The van der Waals surface area contributed by atoms with Crippen LogP contribution in [0, 0.1) is 0 Å². The number of hydrogen-bond donors (Lipinski definition) is 1. The van der Waals surface area contributed by atoms with Crippen molar-refractivity contribution in [1.82, 2.24) is 9.97 Å². The van der Waals surface area contributed by atoms with E-state index in [2.05, 4.69) is 31.2 Å². The number of aromatic nitrogens is 2. The zero-order chi connectivity index (χ0) is 16.6. The van der Waals surface area contributed by atoms with E-state index < -0.39 is 17.6 Å². The highest BCUT2D eigenvalue weighted by atomic mass is 79.9. The van der Waals surface area contributed by atoms with Crippen LogP contribution in [-0.2, 0) is 6.18 Å². The van der Waals surface area contributed by atoms with Crippen molar-refractivity contribution in [3.05, 3.63) is 52.1 Å². The van der Waals surface area contributed by atoms with Gasteiger partial charge in [-0.05, 0) is 52.3 Å². The number of nitrogens with zero attached hydrogens (tertiary/aromatic N) is 2. The van der Waals surface area contributed by atoms with Gasteiger partial charge in [-0.2, -0.15) is 13.2 Å². The highest BCUT2D eigenvalue weighted by Crippen LogP contribution is 2.29. The average Bonchev–Trinajstić information content (AvgIpc) is 2.87. The Bertz CT molecular complexity index is 877. The molecular formula is C14H7BrF3N3OS. The second-order valence-electron chi connectivity index (χ2n) is 4.51. The molecule has 0 bridgehead atoms. The smallest absolute Gasteiger partial charge is 0.298 e. The molecule has 0 unspecified atom stereocenters. The van der Waals surface area contributed by atoms with Crippen molar-refractivity contribution in [2.45, 2.75) is 6.18 Å².